The molecule has 2 aliphatic rings. The summed E-state index contributed by atoms with van der Waals surface area (Å²) in [6.07, 6.45) is 10.1. The van der Waals surface area contributed by atoms with Gasteiger partial charge in [-0.2, -0.15) is 0 Å². The predicted octanol–water partition coefficient (Wildman–Crippen LogP) is 2.56. The maximum absolute atomic E-state index is 12.9. The average Bonchev–Trinajstić information content (AvgIpc) is 2.86. The predicted molar refractivity (Wildman–Crippen MR) is 79.7 cm³/mol. The van der Waals surface area contributed by atoms with Crippen molar-refractivity contribution >= 4 is 5.91 Å². The molecule has 1 amide bonds. The first-order valence-electron chi connectivity index (χ1n) is 7.99. The Labute approximate surface area is 120 Å². The SMILES string of the molecule is NCCC1CCCCN1C(=O)c1cccn1C1CCC1. The van der Waals surface area contributed by atoms with Crippen LogP contribution in [0, 0.1) is 0 Å². The van der Waals surface area contributed by atoms with Crippen LogP contribution in [0.4, 0.5) is 0 Å². The van der Waals surface area contributed by atoms with Gasteiger partial charge in [-0.1, -0.05) is 0 Å². The lowest BCUT2D eigenvalue weighted by Crippen LogP contribution is -2.45. The van der Waals surface area contributed by atoms with Gasteiger partial charge in [0.05, 0.1) is 0 Å². The summed E-state index contributed by atoms with van der Waals surface area (Å²) in [5.74, 6) is 0.208. The van der Waals surface area contributed by atoms with Crippen molar-refractivity contribution in [1.29, 1.82) is 0 Å². The van der Waals surface area contributed by atoms with Crippen LogP contribution in [0.15, 0.2) is 18.3 Å². The first kappa shape index (κ1) is 13.7. The third-order valence-corrected chi connectivity index (χ3v) is 4.85. The van der Waals surface area contributed by atoms with E-state index in [0.717, 1.165) is 31.5 Å². The Morgan fingerprint density at radius 1 is 1.25 bits per heavy atom. The van der Waals surface area contributed by atoms with Crippen LogP contribution in [-0.4, -0.2) is 34.5 Å². The number of carbonyl (C=O) groups is 1. The van der Waals surface area contributed by atoms with Crippen molar-refractivity contribution in [2.45, 2.75) is 57.0 Å². The number of carbonyl (C=O) groups excluding carboxylic acids is 1. The van der Waals surface area contributed by atoms with Gasteiger partial charge >= 0.3 is 0 Å². The highest BCUT2D eigenvalue weighted by Gasteiger charge is 2.30. The van der Waals surface area contributed by atoms with E-state index in [1.54, 1.807) is 0 Å². The fourth-order valence-electron chi connectivity index (χ4n) is 3.47. The molecule has 3 rings (SSSR count). The first-order chi connectivity index (χ1) is 9.81. The number of piperidine rings is 1. The fraction of sp³-hybridized carbons (Fsp3) is 0.688. The van der Waals surface area contributed by atoms with E-state index in [1.807, 2.05) is 12.1 Å². The molecule has 1 aliphatic heterocycles. The molecule has 4 heteroatoms. The minimum atomic E-state index is 0.208. The number of nitrogens with zero attached hydrogens (tertiary/aromatic N) is 2. The van der Waals surface area contributed by atoms with E-state index in [2.05, 4.69) is 15.7 Å². The first-order valence-corrected chi connectivity index (χ1v) is 7.99. The second-order valence-electron chi connectivity index (χ2n) is 6.11. The second kappa shape index (κ2) is 6.00. The van der Waals surface area contributed by atoms with Crippen molar-refractivity contribution in [2.24, 2.45) is 5.73 Å². The molecule has 0 spiro atoms. The van der Waals surface area contributed by atoms with Crippen LogP contribution >= 0.6 is 0 Å². The molecule has 0 bridgehead atoms. The van der Waals surface area contributed by atoms with E-state index >= 15 is 0 Å². The average molecular weight is 275 g/mol. The van der Waals surface area contributed by atoms with Gasteiger partial charge in [0.2, 0.25) is 0 Å². The summed E-state index contributed by atoms with van der Waals surface area (Å²) in [5.41, 5.74) is 6.58. The zero-order chi connectivity index (χ0) is 13.9. The Kier molecular flexibility index (Phi) is 4.10. The van der Waals surface area contributed by atoms with Crippen LogP contribution in [0.2, 0.25) is 0 Å². The second-order valence-corrected chi connectivity index (χ2v) is 6.11. The van der Waals surface area contributed by atoms with Crippen LogP contribution in [0.5, 0.6) is 0 Å². The van der Waals surface area contributed by atoms with Crippen LogP contribution < -0.4 is 5.73 Å². The summed E-state index contributed by atoms with van der Waals surface area (Å²) in [6.45, 7) is 1.55. The number of rotatable bonds is 4. The molecule has 1 saturated carbocycles. The molecule has 2 fully saturated rings. The van der Waals surface area contributed by atoms with Crippen LogP contribution in [0.1, 0.15) is 61.5 Å². The molecule has 2 N–H and O–H groups in total. The van der Waals surface area contributed by atoms with Gasteiger partial charge in [-0.25, -0.2) is 0 Å². The van der Waals surface area contributed by atoms with Crippen LogP contribution in [0.25, 0.3) is 0 Å². The Hall–Kier alpha value is -1.29. The van der Waals surface area contributed by atoms with Crippen molar-refractivity contribution in [3.63, 3.8) is 0 Å². The molecule has 0 aromatic carbocycles. The molecule has 1 aromatic heterocycles. The third kappa shape index (κ3) is 2.49. The number of nitrogens with two attached hydrogens (primary N) is 1. The molecule has 1 aliphatic carbocycles. The van der Waals surface area contributed by atoms with E-state index in [9.17, 15) is 4.79 Å². The summed E-state index contributed by atoms with van der Waals surface area (Å²) in [6, 6.07) is 4.87. The number of hydrogen-bond acceptors (Lipinski definition) is 2. The Morgan fingerprint density at radius 3 is 2.80 bits per heavy atom. The summed E-state index contributed by atoms with van der Waals surface area (Å²) < 4.78 is 2.19. The van der Waals surface area contributed by atoms with Gasteiger partial charge in [0.15, 0.2) is 0 Å². The molecule has 0 radical (unpaired) electrons. The topological polar surface area (TPSA) is 51.3 Å². The van der Waals surface area contributed by atoms with Crippen molar-refractivity contribution in [3.05, 3.63) is 24.0 Å². The molecular weight excluding hydrogens is 250 g/mol. The van der Waals surface area contributed by atoms with Gasteiger partial charge in [-0.15, -0.1) is 0 Å². The van der Waals surface area contributed by atoms with E-state index in [-0.39, 0.29) is 5.91 Å². The summed E-state index contributed by atoms with van der Waals surface area (Å²) in [7, 11) is 0. The normalized spacial score (nSPS) is 23.6. The molecule has 20 heavy (non-hydrogen) atoms. The molecule has 1 aromatic rings. The number of aromatic nitrogens is 1. The standard InChI is InChI=1S/C16H25N3O/c17-10-9-14-5-1-2-11-19(14)16(20)15-8-4-12-18(15)13-6-3-7-13/h4,8,12-14H,1-3,5-7,9-11,17H2. The number of amides is 1. The lowest BCUT2D eigenvalue weighted by atomic mass is 9.92. The lowest BCUT2D eigenvalue weighted by Gasteiger charge is -2.37. The van der Waals surface area contributed by atoms with Gasteiger partial charge in [-0.3, -0.25) is 4.79 Å². The van der Waals surface area contributed by atoms with Gasteiger partial charge in [0.1, 0.15) is 5.69 Å². The smallest absolute Gasteiger partial charge is 0.270 e. The Balaban J connectivity index is 1.78. The van der Waals surface area contributed by atoms with E-state index < -0.39 is 0 Å². The highest BCUT2D eigenvalue weighted by atomic mass is 16.2. The summed E-state index contributed by atoms with van der Waals surface area (Å²) >= 11 is 0. The van der Waals surface area contributed by atoms with Crippen LogP contribution in [-0.2, 0) is 0 Å². The Bertz CT molecular complexity index is 462. The lowest BCUT2D eigenvalue weighted by molar-refractivity contribution is 0.0588. The van der Waals surface area contributed by atoms with Crippen molar-refractivity contribution in [2.75, 3.05) is 13.1 Å². The maximum Gasteiger partial charge on any atom is 0.270 e. The molecule has 110 valence electrons. The zero-order valence-corrected chi connectivity index (χ0v) is 12.1. The van der Waals surface area contributed by atoms with Crippen LogP contribution in [0.3, 0.4) is 0 Å². The van der Waals surface area contributed by atoms with Crippen molar-refractivity contribution < 1.29 is 4.79 Å². The zero-order valence-electron chi connectivity index (χ0n) is 12.1. The number of likely N-dealkylation sites (tertiary alicyclic amines) is 1. The molecular formula is C16H25N3O. The summed E-state index contributed by atoms with van der Waals surface area (Å²) in [4.78, 5) is 14.9. The van der Waals surface area contributed by atoms with E-state index in [0.29, 0.717) is 18.6 Å². The molecule has 2 heterocycles. The monoisotopic (exact) mass is 275 g/mol. The van der Waals surface area contributed by atoms with Gasteiger partial charge < -0.3 is 15.2 Å². The molecule has 1 saturated heterocycles. The number of hydrogen-bond donors (Lipinski definition) is 1. The third-order valence-electron chi connectivity index (χ3n) is 4.85. The minimum Gasteiger partial charge on any atom is -0.340 e. The quantitative estimate of drug-likeness (QED) is 0.918. The molecule has 4 nitrogen and oxygen atoms in total. The minimum absolute atomic E-state index is 0.208. The fourth-order valence-corrected chi connectivity index (χ4v) is 3.47. The van der Waals surface area contributed by atoms with Gasteiger partial charge in [0.25, 0.3) is 5.91 Å². The highest BCUT2D eigenvalue weighted by Crippen LogP contribution is 2.33. The van der Waals surface area contributed by atoms with Crippen molar-refractivity contribution in [3.8, 4) is 0 Å². The van der Waals surface area contributed by atoms with E-state index in [1.165, 1.54) is 25.7 Å². The largest absolute Gasteiger partial charge is 0.340 e. The van der Waals surface area contributed by atoms with E-state index in [4.69, 9.17) is 5.73 Å². The van der Waals surface area contributed by atoms with Crippen molar-refractivity contribution in [1.82, 2.24) is 9.47 Å². The van der Waals surface area contributed by atoms with Gasteiger partial charge in [0, 0.05) is 24.8 Å². The maximum atomic E-state index is 12.9. The van der Waals surface area contributed by atoms with Gasteiger partial charge in [-0.05, 0) is 63.6 Å². The summed E-state index contributed by atoms with van der Waals surface area (Å²) in [5, 5.41) is 0. The molecule has 1 atom stereocenters. The highest BCUT2D eigenvalue weighted by molar-refractivity contribution is 5.93. The molecule has 1 unspecified atom stereocenters. The Morgan fingerprint density at radius 2 is 2.10 bits per heavy atom.